The summed E-state index contributed by atoms with van der Waals surface area (Å²) in [5, 5.41) is 9.81. The summed E-state index contributed by atoms with van der Waals surface area (Å²) in [4.78, 5) is 0. The van der Waals surface area contributed by atoms with Crippen molar-refractivity contribution in [2.75, 3.05) is 5.33 Å². The normalized spacial score (nSPS) is 16.7. The van der Waals surface area contributed by atoms with E-state index in [1.807, 2.05) is 18.2 Å². The van der Waals surface area contributed by atoms with Crippen molar-refractivity contribution in [3.05, 3.63) is 44.9 Å². The molecular formula is C17H32Br2MgO. The maximum absolute atomic E-state index is 8.71. The molecule has 1 saturated carbocycles. The summed E-state index contributed by atoms with van der Waals surface area (Å²) in [6.07, 6.45) is 12.0. The van der Waals surface area contributed by atoms with Gasteiger partial charge in [-0.2, -0.15) is 6.42 Å². The number of aliphatic hydroxyl groups is 1. The monoisotopic (exact) mass is 434 g/mol. The fourth-order valence-electron chi connectivity index (χ4n) is 1.06. The van der Waals surface area contributed by atoms with Gasteiger partial charge in [0.1, 0.15) is 0 Å². The SMILES string of the molecule is C.C=CCC1CC1O.C=CCCCBr.C=CCC[CH2-].[Br-].[Mg+2]. The molecule has 2 unspecified atom stereocenters. The summed E-state index contributed by atoms with van der Waals surface area (Å²) in [6.45, 7) is 14.3. The van der Waals surface area contributed by atoms with Crippen LogP contribution in [0.5, 0.6) is 0 Å². The molecule has 2 atom stereocenters. The number of hydrogen-bond donors (Lipinski definition) is 1. The molecule has 0 radical (unpaired) electrons. The number of allylic oxidation sites excluding steroid dienone is 3. The van der Waals surface area contributed by atoms with Crippen LogP contribution in [-0.2, 0) is 0 Å². The maximum atomic E-state index is 8.71. The Kier molecular flexibility index (Phi) is 46.2. The number of unbranched alkanes of at least 4 members (excludes halogenated alkanes) is 2. The number of aliphatic hydroxyl groups excluding tert-OH is 1. The smallest absolute Gasteiger partial charge is 1.00 e. The molecule has 0 aromatic carbocycles. The average Bonchev–Trinajstić information content (AvgIpc) is 3.06. The Bertz CT molecular complexity index is 211. The zero-order valence-corrected chi connectivity index (χ0v) is 17.2. The summed E-state index contributed by atoms with van der Waals surface area (Å²) in [5.41, 5.74) is 0. The van der Waals surface area contributed by atoms with E-state index in [4.69, 9.17) is 5.11 Å². The van der Waals surface area contributed by atoms with Gasteiger partial charge in [-0.15, -0.1) is 19.7 Å². The van der Waals surface area contributed by atoms with Gasteiger partial charge in [-0.1, -0.05) is 48.0 Å². The van der Waals surface area contributed by atoms with E-state index in [2.05, 4.69) is 42.6 Å². The molecule has 0 amide bonds. The minimum Gasteiger partial charge on any atom is -1.00 e. The third-order valence-corrected chi connectivity index (χ3v) is 2.87. The van der Waals surface area contributed by atoms with Crippen molar-refractivity contribution in [1.82, 2.24) is 0 Å². The van der Waals surface area contributed by atoms with Gasteiger partial charge in [0.25, 0.3) is 0 Å². The van der Waals surface area contributed by atoms with Crippen LogP contribution in [0.2, 0.25) is 0 Å². The van der Waals surface area contributed by atoms with Crippen LogP contribution in [0, 0.1) is 12.8 Å². The molecule has 0 spiro atoms. The van der Waals surface area contributed by atoms with Crippen molar-refractivity contribution in [2.24, 2.45) is 5.92 Å². The molecule has 1 aliphatic carbocycles. The zero-order valence-electron chi connectivity index (χ0n) is 12.6. The van der Waals surface area contributed by atoms with E-state index in [0.29, 0.717) is 5.92 Å². The molecule has 4 heteroatoms. The van der Waals surface area contributed by atoms with Crippen LogP contribution in [0.3, 0.4) is 0 Å². The van der Waals surface area contributed by atoms with Gasteiger partial charge < -0.3 is 29.0 Å². The zero-order chi connectivity index (χ0) is 14.2. The molecule has 122 valence electrons. The van der Waals surface area contributed by atoms with E-state index in [0.717, 1.165) is 37.4 Å². The Morgan fingerprint density at radius 1 is 1.14 bits per heavy atom. The van der Waals surface area contributed by atoms with Gasteiger partial charge in [0.15, 0.2) is 0 Å². The molecule has 1 nitrogen and oxygen atoms in total. The van der Waals surface area contributed by atoms with Crippen LogP contribution in [0.15, 0.2) is 38.0 Å². The molecule has 0 heterocycles. The Hall–Kier alpha value is 0.906. The molecule has 0 aromatic rings. The summed E-state index contributed by atoms with van der Waals surface area (Å²) >= 11 is 3.30. The van der Waals surface area contributed by atoms with Gasteiger partial charge in [0.2, 0.25) is 0 Å². The van der Waals surface area contributed by atoms with Crippen LogP contribution in [0.4, 0.5) is 0 Å². The molecule has 1 N–H and O–H groups in total. The molecule has 1 fully saturated rings. The fraction of sp³-hybridized carbons (Fsp3) is 0.588. The molecule has 0 bridgehead atoms. The van der Waals surface area contributed by atoms with E-state index < -0.39 is 0 Å². The fourth-order valence-corrected chi connectivity index (χ4v) is 1.39. The molecule has 0 saturated heterocycles. The maximum Gasteiger partial charge on any atom is 2.00 e. The van der Waals surface area contributed by atoms with Crippen LogP contribution >= 0.6 is 15.9 Å². The minimum absolute atomic E-state index is 0. The molecule has 1 rings (SSSR count). The average molecular weight is 437 g/mol. The quantitative estimate of drug-likeness (QED) is 0.214. The summed E-state index contributed by atoms with van der Waals surface area (Å²) in [6, 6.07) is 0. The van der Waals surface area contributed by atoms with E-state index in [1.54, 1.807) is 0 Å². The van der Waals surface area contributed by atoms with Crippen LogP contribution in [0.1, 0.15) is 46.0 Å². The number of halogens is 2. The van der Waals surface area contributed by atoms with Crippen molar-refractivity contribution >= 4 is 39.0 Å². The first-order valence-electron chi connectivity index (χ1n) is 6.53. The Labute approximate surface area is 168 Å². The first-order valence-corrected chi connectivity index (χ1v) is 7.65. The van der Waals surface area contributed by atoms with Crippen LogP contribution < -0.4 is 17.0 Å². The number of alkyl halides is 1. The van der Waals surface area contributed by atoms with E-state index >= 15 is 0 Å². The second kappa shape index (κ2) is 29.0. The first-order chi connectivity index (χ1) is 8.67. The predicted octanol–water partition coefficient (Wildman–Crippen LogP) is 2.34. The summed E-state index contributed by atoms with van der Waals surface area (Å²) in [7, 11) is 0. The third kappa shape index (κ3) is 33.6. The molecule has 21 heavy (non-hydrogen) atoms. The van der Waals surface area contributed by atoms with Crippen LogP contribution in [0.25, 0.3) is 0 Å². The van der Waals surface area contributed by atoms with Gasteiger partial charge >= 0.3 is 23.1 Å². The molecular weight excluding hydrogens is 404 g/mol. The topological polar surface area (TPSA) is 20.2 Å². The second-order valence-electron chi connectivity index (χ2n) is 4.14. The third-order valence-electron chi connectivity index (χ3n) is 2.30. The largest absolute Gasteiger partial charge is 2.00 e. The second-order valence-corrected chi connectivity index (χ2v) is 4.93. The van der Waals surface area contributed by atoms with Gasteiger partial charge in [0, 0.05) is 5.33 Å². The Morgan fingerprint density at radius 2 is 1.62 bits per heavy atom. The van der Waals surface area contributed by atoms with E-state index in [1.165, 1.54) is 6.42 Å². The van der Waals surface area contributed by atoms with Crippen molar-refractivity contribution in [2.45, 2.75) is 52.1 Å². The van der Waals surface area contributed by atoms with Gasteiger partial charge in [0.05, 0.1) is 6.10 Å². The Morgan fingerprint density at radius 3 is 1.71 bits per heavy atom. The number of rotatable bonds is 7. The first kappa shape index (κ1) is 33.5. The minimum atomic E-state index is -0.00185. The molecule has 0 aliphatic heterocycles. The standard InChI is InChI=1S/C6H10O.C5H9Br.C5H9.CH4.BrH.Mg/c1-2-3-5-4-6(5)7;1-2-3-4-5-6;1-3-5-4-2;;;/h2,5-7H,1,3-4H2;2H,1,3-5H2;3H,1-2,4-5H2;1H4;1H;/q;;-1;;;+2/p-1. The van der Waals surface area contributed by atoms with Crippen molar-refractivity contribution in [3.8, 4) is 0 Å². The van der Waals surface area contributed by atoms with E-state index in [-0.39, 0.29) is 53.6 Å². The van der Waals surface area contributed by atoms with Gasteiger partial charge in [-0.3, -0.25) is 0 Å². The van der Waals surface area contributed by atoms with Crippen molar-refractivity contribution in [1.29, 1.82) is 0 Å². The van der Waals surface area contributed by atoms with Crippen molar-refractivity contribution < 1.29 is 22.1 Å². The predicted molar refractivity (Wildman–Crippen MR) is 99.4 cm³/mol. The Balaban J connectivity index is -0.0000000578. The van der Waals surface area contributed by atoms with Crippen LogP contribution in [-0.4, -0.2) is 39.6 Å². The molecule has 0 aromatic heterocycles. The van der Waals surface area contributed by atoms with E-state index in [9.17, 15) is 0 Å². The van der Waals surface area contributed by atoms with Gasteiger partial charge in [-0.25, -0.2) is 0 Å². The molecule has 1 aliphatic rings. The number of hydrogen-bond acceptors (Lipinski definition) is 1. The van der Waals surface area contributed by atoms with Crippen molar-refractivity contribution in [3.63, 3.8) is 0 Å². The summed E-state index contributed by atoms with van der Waals surface area (Å²) in [5.74, 6) is 0.553. The summed E-state index contributed by atoms with van der Waals surface area (Å²) < 4.78 is 0. The van der Waals surface area contributed by atoms with Gasteiger partial charge in [-0.05, 0) is 31.6 Å².